The van der Waals surface area contributed by atoms with Gasteiger partial charge in [0.25, 0.3) is 0 Å². The van der Waals surface area contributed by atoms with Crippen molar-refractivity contribution in [3.05, 3.63) is 102 Å². The normalized spacial score (nSPS) is 11.4. The van der Waals surface area contributed by atoms with Crippen LogP contribution in [0.15, 0.2) is 84.9 Å². The SMILES string of the molecule is CC(=O)C(Cc1ccccc1)NC(=O)OCc1ccc(OCc2ccccc2)cc1. The first kappa shape index (κ1) is 21.1. The van der Waals surface area contributed by atoms with Crippen LogP contribution in [0.1, 0.15) is 23.6 Å². The molecule has 1 amide bonds. The van der Waals surface area contributed by atoms with Crippen molar-refractivity contribution >= 4 is 11.9 Å². The van der Waals surface area contributed by atoms with Gasteiger partial charge in [0.05, 0.1) is 6.04 Å². The van der Waals surface area contributed by atoms with E-state index in [4.69, 9.17) is 9.47 Å². The molecule has 0 aliphatic carbocycles. The van der Waals surface area contributed by atoms with Crippen molar-refractivity contribution in [3.8, 4) is 5.75 Å². The monoisotopic (exact) mass is 403 g/mol. The summed E-state index contributed by atoms with van der Waals surface area (Å²) in [5, 5.41) is 2.65. The Morgan fingerprint density at radius 2 is 1.33 bits per heavy atom. The molecule has 0 aromatic heterocycles. The molecular formula is C25H25NO4. The van der Waals surface area contributed by atoms with Gasteiger partial charge in [0.2, 0.25) is 0 Å². The van der Waals surface area contributed by atoms with Crippen molar-refractivity contribution in [2.45, 2.75) is 32.6 Å². The van der Waals surface area contributed by atoms with Crippen molar-refractivity contribution in [1.82, 2.24) is 5.32 Å². The van der Waals surface area contributed by atoms with Crippen LogP contribution in [0.5, 0.6) is 5.75 Å². The van der Waals surface area contributed by atoms with E-state index in [1.54, 1.807) is 0 Å². The molecule has 0 saturated heterocycles. The molecule has 0 radical (unpaired) electrons. The van der Waals surface area contributed by atoms with Gasteiger partial charge in [0.1, 0.15) is 19.0 Å². The van der Waals surface area contributed by atoms with Crippen molar-refractivity contribution < 1.29 is 19.1 Å². The lowest BCUT2D eigenvalue weighted by Crippen LogP contribution is -2.41. The minimum Gasteiger partial charge on any atom is -0.489 e. The second-order valence-corrected chi connectivity index (χ2v) is 6.99. The first-order valence-electron chi connectivity index (χ1n) is 9.83. The molecule has 1 unspecified atom stereocenters. The van der Waals surface area contributed by atoms with Gasteiger partial charge < -0.3 is 14.8 Å². The average molecular weight is 403 g/mol. The fourth-order valence-electron chi connectivity index (χ4n) is 2.90. The molecule has 0 spiro atoms. The number of hydrogen-bond donors (Lipinski definition) is 1. The molecule has 3 aromatic carbocycles. The zero-order valence-electron chi connectivity index (χ0n) is 16.9. The first-order valence-corrected chi connectivity index (χ1v) is 9.83. The lowest BCUT2D eigenvalue weighted by Gasteiger charge is -2.16. The summed E-state index contributed by atoms with van der Waals surface area (Å²) in [6.07, 6.45) is -0.186. The van der Waals surface area contributed by atoms with Crippen LogP contribution in [0.25, 0.3) is 0 Å². The van der Waals surface area contributed by atoms with Crippen LogP contribution in [-0.2, 0) is 29.2 Å². The van der Waals surface area contributed by atoms with E-state index in [-0.39, 0.29) is 12.4 Å². The highest BCUT2D eigenvalue weighted by molar-refractivity contribution is 5.85. The topological polar surface area (TPSA) is 64.6 Å². The van der Waals surface area contributed by atoms with Gasteiger partial charge in [-0.25, -0.2) is 4.79 Å². The van der Waals surface area contributed by atoms with Gasteiger partial charge in [0.15, 0.2) is 5.78 Å². The second kappa shape index (κ2) is 10.8. The van der Waals surface area contributed by atoms with Gasteiger partial charge in [-0.15, -0.1) is 0 Å². The highest BCUT2D eigenvalue weighted by Gasteiger charge is 2.18. The van der Waals surface area contributed by atoms with Gasteiger partial charge in [-0.3, -0.25) is 4.79 Å². The highest BCUT2D eigenvalue weighted by Crippen LogP contribution is 2.15. The number of carbonyl (C=O) groups is 2. The Balaban J connectivity index is 1.45. The third kappa shape index (κ3) is 6.78. The standard InChI is InChI=1S/C25H25NO4/c1-19(27)24(16-20-8-4-2-5-9-20)26-25(28)30-18-22-12-14-23(15-13-22)29-17-21-10-6-3-7-11-21/h2-15,24H,16-18H2,1H3,(H,26,28). The van der Waals surface area contributed by atoms with Gasteiger partial charge in [-0.1, -0.05) is 72.8 Å². The zero-order chi connectivity index (χ0) is 21.2. The third-order valence-electron chi connectivity index (χ3n) is 4.61. The van der Waals surface area contributed by atoms with E-state index in [2.05, 4.69) is 5.32 Å². The number of Topliss-reactive ketones (excluding diaryl/α,β-unsaturated/α-hetero) is 1. The minimum absolute atomic E-state index is 0.112. The molecule has 30 heavy (non-hydrogen) atoms. The molecule has 0 bridgehead atoms. The smallest absolute Gasteiger partial charge is 0.408 e. The summed E-state index contributed by atoms with van der Waals surface area (Å²) in [4.78, 5) is 24.0. The summed E-state index contributed by atoms with van der Waals surface area (Å²) in [5.41, 5.74) is 2.90. The lowest BCUT2D eigenvalue weighted by atomic mass is 10.0. The van der Waals surface area contributed by atoms with E-state index in [9.17, 15) is 9.59 Å². The first-order chi connectivity index (χ1) is 14.6. The Bertz CT molecular complexity index is 940. The number of hydrogen-bond acceptors (Lipinski definition) is 4. The van der Waals surface area contributed by atoms with Crippen LogP contribution in [0.2, 0.25) is 0 Å². The van der Waals surface area contributed by atoms with Gasteiger partial charge >= 0.3 is 6.09 Å². The molecule has 0 heterocycles. The van der Waals surface area contributed by atoms with Crippen molar-refractivity contribution in [2.75, 3.05) is 0 Å². The molecular weight excluding hydrogens is 378 g/mol. The molecule has 0 saturated carbocycles. The minimum atomic E-state index is -0.617. The number of ketones is 1. The van der Waals surface area contributed by atoms with E-state index in [0.717, 1.165) is 22.4 Å². The predicted octanol–water partition coefficient (Wildman–Crippen LogP) is 4.69. The Kier molecular flexibility index (Phi) is 7.61. The molecule has 3 rings (SSSR count). The van der Waals surface area contributed by atoms with E-state index < -0.39 is 12.1 Å². The van der Waals surface area contributed by atoms with Crippen molar-refractivity contribution in [3.63, 3.8) is 0 Å². The van der Waals surface area contributed by atoms with Crippen LogP contribution in [0.3, 0.4) is 0 Å². The Labute approximate surface area is 176 Å². The number of ether oxygens (including phenoxy) is 2. The zero-order valence-corrected chi connectivity index (χ0v) is 16.9. The predicted molar refractivity (Wildman–Crippen MR) is 115 cm³/mol. The van der Waals surface area contributed by atoms with Crippen LogP contribution in [-0.4, -0.2) is 17.9 Å². The molecule has 5 heteroatoms. The average Bonchev–Trinajstić information content (AvgIpc) is 2.78. The van der Waals surface area contributed by atoms with Crippen LogP contribution in [0, 0.1) is 0 Å². The fraction of sp³-hybridized carbons (Fsp3) is 0.200. The Hall–Kier alpha value is -3.60. The number of benzene rings is 3. The number of alkyl carbamates (subject to hydrolysis) is 1. The molecule has 0 aliphatic heterocycles. The molecule has 1 atom stereocenters. The van der Waals surface area contributed by atoms with E-state index in [1.807, 2.05) is 84.9 Å². The van der Waals surface area contributed by atoms with Gasteiger partial charge in [0, 0.05) is 0 Å². The van der Waals surface area contributed by atoms with E-state index >= 15 is 0 Å². The quantitative estimate of drug-likeness (QED) is 0.563. The summed E-state index contributed by atoms with van der Waals surface area (Å²) in [6.45, 7) is 2.07. The maximum Gasteiger partial charge on any atom is 0.408 e. The molecule has 1 N–H and O–H groups in total. The van der Waals surface area contributed by atoms with E-state index in [0.29, 0.717) is 13.0 Å². The van der Waals surface area contributed by atoms with Crippen LogP contribution < -0.4 is 10.1 Å². The van der Waals surface area contributed by atoms with E-state index in [1.165, 1.54) is 6.92 Å². The summed E-state index contributed by atoms with van der Waals surface area (Å²) in [6, 6.07) is 26.2. The Morgan fingerprint density at radius 1 is 0.767 bits per heavy atom. The molecule has 0 aliphatic rings. The molecule has 3 aromatic rings. The summed E-state index contributed by atoms with van der Waals surface area (Å²) >= 11 is 0. The summed E-state index contributed by atoms with van der Waals surface area (Å²) < 4.78 is 11.0. The maximum atomic E-state index is 12.1. The number of amides is 1. The largest absolute Gasteiger partial charge is 0.489 e. The maximum absolute atomic E-state index is 12.1. The fourth-order valence-corrected chi connectivity index (χ4v) is 2.90. The number of rotatable bonds is 9. The van der Waals surface area contributed by atoms with Crippen LogP contribution >= 0.6 is 0 Å². The Morgan fingerprint density at radius 3 is 1.93 bits per heavy atom. The third-order valence-corrected chi connectivity index (χ3v) is 4.61. The second-order valence-electron chi connectivity index (χ2n) is 6.99. The van der Waals surface area contributed by atoms with Gasteiger partial charge in [-0.05, 0) is 42.2 Å². The summed E-state index contributed by atoms with van der Waals surface area (Å²) in [5.74, 6) is 0.627. The number of nitrogens with one attached hydrogen (secondary N) is 1. The molecule has 154 valence electrons. The van der Waals surface area contributed by atoms with Gasteiger partial charge in [-0.2, -0.15) is 0 Å². The van der Waals surface area contributed by atoms with Crippen molar-refractivity contribution in [2.24, 2.45) is 0 Å². The highest BCUT2D eigenvalue weighted by atomic mass is 16.5. The summed E-state index contributed by atoms with van der Waals surface area (Å²) in [7, 11) is 0. The van der Waals surface area contributed by atoms with Crippen molar-refractivity contribution in [1.29, 1.82) is 0 Å². The molecule has 0 fully saturated rings. The lowest BCUT2D eigenvalue weighted by molar-refractivity contribution is -0.118. The number of carbonyl (C=O) groups excluding carboxylic acids is 2. The molecule has 5 nitrogen and oxygen atoms in total. The van der Waals surface area contributed by atoms with Crippen LogP contribution in [0.4, 0.5) is 4.79 Å².